The van der Waals surface area contributed by atoms with Gasteiger partial charge in [0, 0.05) is 18.7 Å². The zero-order valence-electron chi connectivity index (χ0n) is 14.3. The quantitative estimate of drug-likeness (QED) is 0.817. The van der Waals surface area contributed by atoms with Crippen molar-refractivity contribution in [1.29, 1.82) is 0 Å². The summed E-state index contributed by atoms with van der Waals surface area (Å²) in [4.78, 5) is 0. The molecule has 1 heterocycles. The van der Waals surface area contributed by atoms with E-state index in [0.717, 1.165) is 26.1 Å². The van der Waals surface area contributed by atoms with E-state index in [0.29, 0.717) is 23.9 Å². The Morgan fingerprint density at radius 1 is 1.23 bits per heavy atom. The number of nitrogens with one attached hydrogen (secondary N) is 1. The second kappa shape index (κ2) is 8.50. The molecule has 2 rings (SSSR count). The van der Waals surface area contributed by atoms with Gasteiger partial charge in [0.1, 0.15) is 0 Å². The molecule has 0 radical (unpaired) electrons. The number of allylic oxidation sites excluding steroid dienone is 1. The van der Waals surface area contributed by atoms with E-state index in [-0.39, 0.29) is 0 Å². The summed E-state index contributed by atoms with van der Waals surface area (Å²) >= 11 is 0. The normalized spacial score (nSPS) is 27.0. The summed E-state index contributed by atoms with van der Waals surface area (Å²) in [5, 5.41) is 3.84. The van der Waals surface area contributed by atoms with Crippen LogP contribution in [0.4, 0.5) is 0 Å². The van der Waals surface area contributed by atoms with Gasteiger partial charge in [-0.3, -0.25) is 0 Å². The minimum absolute atomic E-state index is 0.411. The first-order valence-corrected chi connectivity index (χ1v) is 8.61. The number of aryl methyl sites for hydroxylation is 1. The molecule has 1 fully saturated rings. The highest BCUT2D eigenvalue weighted by Gasteiger charge is 2.23. The van der Waals surface area contributed by atoms with Gasteiger partial charge in [0.05, 0.1) is 6.61 Å². The van der Waals surface area contributed by atoms with Gasteiger partial charge in [-0.1, -0.05) is 49.8 Å². The average molecular weight is 301 g/mol. The van der Waals surface area contributed by atoms with E-state index in [1.165, 1.54) is 17.5 Å². The summed E-state index contributed by atoms with van der Waals surface area (Å²) in [6.45, 7) is 12.2. The topological polar surface area (TPSA) is 21.3 Å². The maximum absolute atomic E-state index is 5.99. The van der Waals surface area contributed by atoms with Crippen molar-refractivity contribution >= 4 is 0 Å². The second-order valence-corrected chi connectivity index (χ2v) is 6.99. The third kappa shape index (κ3) is 4.96. The molecule has 22 heavy (non-hydrogen) atoms. The molecule has 0 aromatic heterocycles. The lowest BCUT2D eigenvalue weighted by molar-refractivity contribution is 0.0752. The van der Waals surface area contributed by atoms with E-state index in [2.05, 4.69) is 56.9 Å². The molecule has 2 nitrogen and oxygen atoms in total. The Bertz CT molecular complexity index is 451. The van der Waals surface area contributed by atoms with Crippen LogP contribution in [0.25, 0.3) is 0 Å². The molecular weight excluding hydrogens is 270 g/mol. The van der Waals surface area contributed by atoms with Gasteiger partial charge < -0.3 is 10.1 Å². The van der Waals surface area contributed by atoms with Crippen molar-refractivity contribution in [1.82, 2.24) is 5.32 Å². The van der Waals surface area contributed by atoms with Crippen LogP contribution < -0.4 is 5.32 Å². The molecule has 1 saturated heterocycles. The first kappa shape index (κ1) is 17.2. The molecule has 2 heteroatoms. The fourth-order valence-electron chi connectivity index (χ4n) is 3.11. The first-order chi connectivity index (χ1) is 10.6. The van der Waals surface area contributed by atoms with E-state index in [1.807, 2.05) is 6.08 Å². The largest absolute Gasteiger partial charge is 0.380 e. The van der Waals surface area contributed by atoms with Gasteiger partial charge in [-0.15, -0.1) is 6.58 Å². The highest BCUT2D eigenvalue weighted by atomic mass is 16.5. The van der Waals surface area contributed by atoms with Gasteiger partial charge in [-0.25, -0.2) is 0 Å². The van der Waals surface area contributed by atoms with Gasteiger partial charge in [-0.2, -0.15) is 0 Å². The molecule has 122 valence electrons. The van der Waals surface area contributed by atoms with Crippen LogP contribution in [0, 0.1) is 18.8 Å². The number of hydrogen-bond donors (Lipinski definition) is 1. The summed E-state index contributed by atoms with van der Waals surface area (Å²) in [5.41, 5.74) is 2.72. The van der Waals surface area contributed by atoms with Crippen molar-refractivity contribution in [2.45, 2.75) is 52.1 Å². The Morgan fingerprint density at radius 3 is 2.59 bits per heavy atom. The van der Waals surface area contributed by atoms with Crippen molar-refractivity contribution < 1.29 is 4.74 Å². The molecule has 0 spiro atoms. The fourth-order valence-corrected chi connectivity index (χ4v) is 3.11. The minimum Gasteiger partial charge on any atom is -0.380 e. The zero-order valence-corrected chi connectivity index (χ0v) is 14.3. The van der Waals surface area contributed by atoms with Crippen molar-refractivity contribution in [3.63, 3.8) is 0 Å². The lowest BCUT2D eigenvalue weighted by Gasteiger charge is -2.27. The smallest absolute Gasteiger partial charge is 0.0622 e. The standard InChI is InChI=1S/C20H31NO/c1-5-6-17-9-12-19(18-10-7-16(4)8-11-18)21-20(15(2)3)14-22-13-17/h5,7-8,10-11,15,17,19-21H,1,6,9,12-14H2,2-4H3. The molecule has 1 aromatic rings. The number of hydrogen-bond acceptors (Lipinski definition) is 2. The maximum Gasteiger partial charge on any atom is 0.0622 e. The van der Waals surface area contributed by atoms with Gasteiger partial charge in [-0.05, 0) is 43.6 Å². The molecule has 1 N–H and O–H groups in total. The van der Waals surface area contributed by atoms with Crippen LogP contribution in [0.15, 0.2) is 36.9 Å². The summed E-state index contributed by atoms with van der Waals surface area (Å²) in [6, 6.07) is 9.80. The highest BCUT2D eigenvalue weighted by Crippen LogP contribution is 2.26. The zero-order chi connectivity index (χ0) is 15.9. The van der Waals surface area contributed by atoms with Gasteiger partial charge >= 0.3 is 0 Å². The number of rotatable bonds is 4. The van der Waals surface area contributed by atoms with Crippen LogP contribution in [0.3, 0.4) is 0 Å². The Labute approximate surface area is 136 Å². The van der Waals surface area contributed by atoms with Crippen LogP contribution in [0.1, 0.15) is 50.3 Å². The van der Waals surface area contributed by atoms with E-state index < -0.39 is 0 Å². The molecule has 0 aliphatic carbocycles. The highest BCUT2D eigenvalue weighted by molar-refractivity contribution is 5.24. The molecule has 0 bridgehead atoms. The number of ether oxygens (including phenoxy) is 1. The van der Waals surface area contributed by atoms with Crippen LogP contribution in [-0.2, 0) is 4.74 Å². The molecule has 1 aliphatic heterocycles. The van der Waals surface area contributed by atoms with Crippen LogP contribution in [0.5, 0.6) is 0 Å². The monoisotopic (exact) mass is 301 g/mol. The lowest BCUT2D eigenvalue weighted by Crippen LogP contribution is -2.40. The van der Waals surface area contributed by atoms with Gasteiger partial charge in [0.25, 0.3) is 0 Å². The molecule has 1 aromatic carbocycles. The Hall–Kier alpha value is -1.12. The maximum atomic E-state index is 5.99. The summed E-state index contributed by atoms with van der Waals surface area (Å²) in [7, 11) is 0. The SMILES string of the molecule is C=CCC1CCC(c2ccc(C)cc2)NC(C(C)C)COC1. The third-order valence-electron chi connectivity index (χ3n) is 4.71. The van der Waals surface area contributed by atoms with E-state index in [9.17, 15) is 0 Å². The first-order valence-electron chi connectivity index (χ1n) is 8.61. The summed E-state index contributed by atoms with van der Waals surface area (Å²) < 4.78 is 5.99. The fraction of sp³-hybridized carbons (Fsp3) is 0.600. The Kier molecular flexibility index (Phi) is 6.66. The summed E-state index contributed by atoms with van der Waals surface area (Å²) in [6.07, 6.45) is 5.42. The molecular formula is C20H31NO. The molecule has 0 saturated carbocycles. The average Bonchev–Trinajstić information content (AvgIpc) is 2.59. The molecule has 1 aliphatic rings. The lowest BCUT2D eigenvalue weighted by atomic mass is 9.93. The van der Waals surface area contributed by atoms with Gasteiger partial charge in [0.15, 0.2) is 0 Å². The molecule has 3 unspecified atom stereocenters. The Balaban J connectivity index is 2.15. The molecule has 0 amide bonds. The van der Waals surface area contributed by atoms with Crippen LogP contribution >= 0.6 is 0 Å². The molecule has 3 atom stereocenters. The number of benzene rings is 1. The van der Waals surface area contributed by atoms with Crippen LogP contribution in [-0.4, -0.2) is 19.3 Å². The Morgan fingerprint density at radius 2 is 1.95 bits per heavy atom. The van der Waals surface area contributed by atoms with Gasteiger partial charge in [0.2, 0.25) is 0 Å². The van der Waals surface area contributed by atoms with E-state index >= 15 is 0 Å². The van der Waals surface area contributed by atoms with Crippen molar-refractivity contribution in [2.24, 2.45) is 11.8 Å². The van der Waals surface area contributed by atoms with Crippen molar-refractivity contribution in [3.8, 4) is 0 Å². The van der Waals surface area contributed by atoms with E-state index in [1.54, 1.807) is 0 Å². The summed E-state index contributed by atoms with van der Waals surface area (Å²) in [5.74, 6) is 1.17. The third-order valence-corrected chi connectivity index (χ3v) is 4.71. The predicted octanol–water partition coefficient (Wildman–Crippen LogP) is 4.65. The van der Waals surface area contributed by atoms with Crippen LogP contribution in [0.2, 0.25) is 0 Å². The second-order valence-electron chi connectivity index (χ2n) is 6.99. The van der Waals surface area contributed by atoms with Crippen molar-refractivity contribution in [2.75, 3.05) is 13.2 Å². The minimum atomic E-state index is 0.411. The van der Waals surface area contributed by atoms with Crippen molar-refractivity contribution in [3.05, 3.63) is 48.0 Å². The predicted molar refractivity (Wildman–Crippen MR) is 94.0 cm³/mol. The van der Waals surface area contributed by atoms with E-state index in [4.69, 9.17) is 4.74 Å².